The molecule has 1 fully saturated rings. The maximum absolute atomic E-state index is 12.3. The number of fused-ring (bicyclic) bond motifs is 1. The van der Waals surface area contributed by atoms with Crippen molar-refractivity contribution in [3.05, 3.63) is 30.0 Å². The summed E-state index contributed by atoms with van der Waals surface area (Å²) in [5.74, 6) is 0.00820. The van der Waals surface area contributed by atoms with Crippen LogP contribution in [0.1, 0.15) is 12.1 Å². The first-order chi connectivity index (χ1) is 9.10. The van der Waals surface area contributed by atoms with E-state index in [-0.39, 0.29) is 12.2 Å². The number of aryl methyl sites for hydroxylation is 1. The fraction of sp³-hybridized carbons (Fsp3) is 0.429. The van der Waals surface area contributed by atoms with Gasteiger partial charge in [0.05, 0.1) is 24.2 Å². The Bertz CT molecular complexity index is 627. The highest BCUT2D eigenvalue weighted by molar-refractivity contribution is 5.93. The van der Waals surface area contributed by atoms with Crippen LogP contribution in [0.15, 0.2) is 24.3 Å². The van der Waals surface area contributed by atoms with E-state index in [2.05, 4.69) is 5.10 Å². The van der Waals surface area contributed by atoms with Gasteiger partial charge in [-0.1, -0.05) is 18.2 Å². The number of ether oxygens (including phenoxy) is 1. The number of hydrogen-bond acceptors (Lipinski definition) is 4. The molecular weight excluding hydrogens is 242 g/mol. The van der Waals surface area contributed by atoms with Gasteiger partial charge in [-0.25, -0.2) is 0 Å². The number of nitrogens with two attached hydrogens (primary N) is 1. The third-order valence-electron chi connectivity index (χ3n) is 3.77. The Morgan fingerprint density at radius 1 is 1.53 bits per heavy atom. The van der Waals surface area contributed by atoms with E-state index in [1.807, 2.05) is 31.3 Å². The monoisotopic (exact) mass is 259 g/mol. The van der Waals surface area contributed by atoms with Gasteiger partial charge in [0.2, 0.25) is 0 Å². The number of para-hydroxylation sites is 1. The van der Waals surface area contributed by atoms with Crippen molar-refractivity contribution < 1.29 is 9.53 Å². The van der Waals surface area contributed by atoms with Crippen LogP contribution < -0.4 is 5.73 Å². The Labute approximate surface area is 111 Å². The van der Waals surface area contributed by atoms with E-state index in [1.165, 1.54) is 0 Å². The standard InChI is InChI=1S/C14H17N3O2/c1-17-12-5-3-2-4-10(12)11(16-17)8-13(18)14(15)6-7-19-9-14/h2-5H,6-9,15H2,1H3. The molecule has 0 radical (unpaired) electrons. The zero-order chi connectivity index (χ0) is 13.5. The first-order valence-corrected chi connectivity index (χ1v) is 6.41. The molecule has 1 aliphatic heterocycles. The third kappa shape index (κ3) is 2.05. The lowest BCUT2D eigenvalue weighted by Crippen LogP contribution is -2.49. The molecule has 0 saturated carbocycles. The first kappa shape index (κ1) is 12.3. The minimum Gasteiger partial charge on any atom is -0.379 e. The molecule has 0 bridgehead atoms. The summed E-state index contributed by atoms with van der Waals surface area (Å²) in [4.78, 5) is 12.3. The molecule has 1 unspecified atom stereocenters. The van der Waals surface area contributed by atoms with E-state index in [9.17, 15) is 4.79 Å². The molecule has 1 aliphatic rings. The lowest BCUT2D eigenvalue weighted by molar-refractivity contribution is -0.123. The van der Waals surface area contributed by atoms with Gasteiger partial charge in [0.1, 0.15) is 5.54 Å². The fourth-order valence-corrected chi connectivity index (χ4v) is 2.55. The van der Waals surface area contributed by atoms with E-state index < -0.39 is 5.54 Å². The second kappa shape index (κ2) is 4.43. The number of carbonyl (C=O) groups excluding carboxylic acids is 1. The van der Waals surface area contributed by atoms with Crippen LogP contribution >= 0.6 is 0 Å². The van der Waals surface area contributed by atoms with Crippen molar-refractivity contribution in [2.24, 2.45) is 12.8 Å². The summed E-state index contributed by atoms with van der Waals surface area (Å²) in [6.45, 7) is 0.877. The predicted octanol–water partition coefficient (Wildman–Crippen LogP) is 0.803. The summed E-state index contributed by atoms with van der Waals surface area (Å²) in [6.07, 6.45) is 0.859. The van der Waals surface area contributed by atoms with E-state index in [0.29, 0.717) is 19.6 Å². The normalized spacial score (nSPS) is 23.1. The topological polar surface area (TPSA) is 70.1 Å². The molecule has 2 heterocycles. The quantitative estimate of drug-likeness (QED) is 0.885. The van der Waals surface area contributed by atoms with Crippen LogP contribution in [0.5, 0.6) is 0 Å². The molecule has 0 spiro atoms. The summed E-state index contributed by atoms with van der Waals surface area (Å²) in [6, 6.07) is 7.90. The van der Waals surface area contributed by atoms with Crippen LogP contribution in [0.2, 0.25) is 0 Å². The number of hydrogen-bond donors (Lipinski definition) is 1. The van der Waals surface area contributed by atoms with Gasteiger partial charge in [-0.15, -0.1) is 0 Å². The molecule has 0 amide bonds. The zero-order valence-electron chi connectivity index (χ0n) is 10.9. The van der Waals surface area contributed by atoms with Gasteiger partial charge >= 0.3 is 0 Å². The van der Waals surface area contributed by atoms with Crippen molar-refractivity contribution in [1.29, 1.82) is 0 Å². The number of carbonyl (C=O) groups is 1. The summed E-state index contributed by atoms with van der Waals surface area (Å²) >= 11 is 0. The molecule has 19 heavy (non-hydrogen) atoms. The molecule has 2 aromatic rings. The van der Waals surface area contributed by atoms with Gasteiger partial charge < -0.3 is 10.5 Å². The highest BCUT2D eigenvalue weighted by Crippen LogP contribution is 2.22. The molecule has 1 aromatic carbocycles. The van der Waals surface area contributed by atoms with Gasteiger partial charge in [-0.05, 0) is 12.5 Å². The average Bonchev–Trinajstić information content (AvgIpc) is 2.97. The van der Waals surface area contributed by atoms with Gasteiger partial charge in [0.25, 0.3) is 0 Å². The molecule has 1 saturated heterocycles. The second-order valence-electron chi connectivity index (χ2n) is 5.15. The number of benzene rings is 1. The number of aromatic nitrogens is 2. The molecule has 100 valence electrons. The molecule has 0 aliphatic carbocycles. The van der Waals surface area contributed by atoms with Crippen LogP contribution in [0.25, 0.3) is 10.9 Å². The van der Waals surface area contributed by atoms with Crippen LogP contribution in [-0.2, 0) is 23.0 Å². The molecule has 2 N–H and O–H groups in total. The van der Waals surface area contributed by atoms with Crippen molar-refractivity contribution in [1.82, 2.24) is 9.78 Å². The summed E-state index contributed by atoms with van der Waals surface area (Å²) in [7, 11) is 1.88. The van der Waals surface area contributed by atoms with Gasteiger partial charge in [-0.2, -0.15) is 5.10 Å². The molecule has 1 aromatic heterocycles. The first-order valence-electron chi connectivity index (χ1n) is 6.41. The fourth-order valence-electron chi connectivity index (χ4n) is 2.55. The number of nitrogens with zero attached hydrogens (tertiary/aromatic N) is 2. The van der Waals surface area contributed by atoms with Crippen molar-refractivity contribution in [3.63, 3.8) is 0 Å². The van der Waals surface area contributed by atoms with Crippen LogP contribution in [0.4, 0.5) is 0 Å². The second-order valence-corrected chi connectivity index (χ2v) is 5.15. The lowest BCUT2D eigenvalue weighted by atomic mass is 9.91. The Hall–Kier alpha value is -1.72. The zero-order valence-corrected chi connectivity index (χ0v) is 10.9. The van der Waals surface area contributed by atoms with E-state index >= 15 is 0 Å². The number of rotatable bonds is 3. The molecule has 5 nitrogen and oxygen atoms in total. The van der Waals surface area contributed by atoms with Crippen molar-refractivity contribution in [3.8, 4) is 0 Å². The SMILES string of the molecule is Cn1nc(CC(=O)C2(N)CCOC2)c2ccccc21. The van der Waals surface area contributed by atoms with Gasteiger partial charge in [0.15, 0.2) is 5.78 Å². The number of Topliss-reactive ketones (excluding diaryl/α,β-unsaturated/α-hetero) is 1. The lowest BCUT2D eigenvalue weighted by Gasteiger charge is -2.19. The molecule has 1 atom stereocenters. The number of ketones is 1. The van der Waals surface area contributed by atoms with Crippen molar-refractivity contribution >= 4 is 16.7 Å². The van der Waals surface area contributed by atoms with Gasteiger partial charge in [0, 0.05) is 19.0 Å². The average molecular weight is 259 g/mol. The Morgan fingerprint density at radius 3 is 3.05 bits per heavy atom. The highest BCUT2D eigenvalue weighted by atomic mass is 16.5. The molecule has 5 heteroatoms. The molecular formula is C14H17N3O2. The summed E-state index contributed by atoms with van der Waals surface area (Å²) in [5, 5.41) is 5.45. The van der Waals surface area contributed by atoms with E-state index in [4.69, 9.17) is 10.5 Å². The Balaban J connectivity index is 1.91. The summed E-state index contributed by atoms with van der Waals surface area (Å²) < 4.78 is 7.04. The smallest absolute Gasteiger partial charge is 0.161 e. The maximum atomic E-state index is 12.3. The largest absolute Gasteiger partial charge is 0.379 e. The minimum atomic E-state index is -0.835. The molecule has 3 rings (SSSR count). The van der Waals surface area contributed by atoms with Crippen molar-refractivity contribution in [2.45, 2.75) is 18.4 Å². The van der Waals surface area contributed by atoms with E-state index in [0.717, 1.165) is 16.6 Å². The van der Waals surface area contributed by atoms with E-state index in [1.54, 1.807) is 4.68 Å². The highest BCUT2D eigenvalue weighted by Gasteiger charge is 2.38. The van der Waals surface area contributed by atoms with Crippen LogP contribution in [0, 0.1) is 0 Å². The minimum absolute atomic E-state index is 0.00820. The van der Waals surface area contributed by atoms with Gasteiger partial charge in [-0.3, -0.25) is 9.48 Å². The maximum Gasteiger partial charge on any atom is 0.161 e. The van der Waals surface area contributed by atoms with Crippen molar-refractivity contribution in [2.75, 3.05) is 13.2 Å². The Morgan fingerprint density at radius 2 is 2.32 bits per heavy atom. The Kier molecular flexibility index (Phi) is 2.88. The summed E-state index contributed by atoms with van der Waals surface area (Å²) in [5.41, 5.74) is 7.08. The third-order valence-corrected chi connectivity index (χ3v) is 3.77. The predicted molar refractivity (Wildman–Crippen MR) is 71.8 cm³/mol. The van der Waals surface area contributed by atoms with Crippen LogP contribution in [0.3, 0.4) is 0 Å². The van der Waals surface area contributed by atoms with Crippen LogP contribution in [-0.4, -0.2) is 34.3 Å².